The predicted octanol–water partition coefficient (Wildman–Crippen LogP) is 1.68. The van der Waals surface area contributed by atoms with Crippen LogP contribution >= 0.6 is 0 Å². The van der Waals surface area contributed by atoms with Crippen LogP contribution in [0, 0.1) is 11.3 Å². The van der Waals surface area contributed by atoms with Gasteiger partial charge in [0.15, 0.2) is 0 Å². The number of piperazine rings is 1. The lowest BCUT2D eigenvalue weighted by Crippen LogP contribution is -2.67. The topological polar surface area (TPSA) is 78.0 Å². The maximum absolute atomic E-state index is 13.2. The maximum Gasteiger partial charge on any atom is 0.291 e. The summed E-state index contributed by atoms with van der Waals surface area (Å²) in [7, 11) is 0. The van der Waals surface area contributed by atoms with Crippen molar-refractivity contribution >= 4 is 23.5 Å². The summed E-state index contributed by atoms with van der Waals surface area (Å²) in [6.07, 6.45) is 6.68. The van der Waals surface area contributed by atoms with Crippen LogP contribution in [-0.2, 0) is 19.2 Å². The van der Waals surface area contributed by atoms with Crippen molar-refractivity contribution in [1.82, 2.24) is 14.7 Å². The summed E-state index contributed by atoms with van der Waals surface area (Å²) in [5.74, 6) is -0.742. The van der Waals surface area contributed by atoms with E-state index in [4.69, 9.17) is 0 Å². The number of piperidine rings is 1. The van der Waals surface area contributed by atoms with Gasteiger partial charge in [-0.3, -0.25) is 19.2 Å². The molecule has 3 heterocycles. The normalized spacial score (nSPS) is 27.5. The zero-order valence-electron chi connectivity index (χ0n) is 16.9. The zero-order chi connectivity index (χ0) is 20.2. The monoisotopic (exact) mass is 387 g/mol. The summed E-state index contributed by atoms with van der Waals surface area (Å²) in [5, 5.41) is 0. The first-order valence-electron chi connectivity index (χ1n) is 10.4. The highest BCUT2D eigenvalue weighted by Crippen LogP contribution is 2.39. The Morgan fingerprint density at radius 1 is 1.11 bits per heavy atom. The van der Waals surface area contributed by atoms with Gasteiger partial charge in [0, 0.05) is 18.2 Å². The minimum absolute atomic E-state index is 0.0425. The second kappa shape index (κ2) is 6.71. The van der Waals surface area contributed by atoms with Crippen LogP contribution in [0.25, 0.3) is 0 Å². The number of hydrogen-bond donors (Lipinski definition) is 0. The predicted molar refractivity (Wildman–Crippen MR) is 102 cm³/mol. The van der Waals surface area contributed by atoms with E-state index in [1.165, 1.54) is 4.90 Å². The van der Waals surface area contributed by atoms with Crippen molar-refractivity contribution < 1.29 is 19.2 Å². The molecule has 2 unspecified atom stereocenters. The summed E-state index contributed by atoms with van der Waals surface area (Å²) >= 11 is 0. The molecule has 7 nitrogen and oxygen atoms in total. The number of rotatable bonds is 5. The summed E-state index contributed by atoms with van der Waals surface area (Å²) in [4.78, 5) is 56.5. The van der Waals surface area contributed by atoms with Crippen LogP contribution in [-0.4, -0.2) is 63.4 Å². The van der Waals surface area contributed by atoms with E-state index in [1.54, 1.807) is 29.8 Å². The molecule has 0 aromatic carbocycles. The fraction of sp³-hybridized carbons (Fsp3) is 0.714. The summed E-state index contributed by atoms with van der Waals surface area (Å²) in [6.45, 7) is 6.16. The molecule has 3 amide bonds. The molecule has 3 aliphatic heterocycles. The van der Waals surface area contributed by atoms with Gasteiger partial charge in [0.2, 0.25) is 17.6 Å². The molecule has 28 heavy (non-hydrogen) atoms. The highest BCUT2D eigenvalue weighted by molar-refractivity contribution is 6.38. The van der Waals surface area contributed by atoms with Crippen molar-refractivity contribution in [2.45, 2.75) is 71.4 Å². The van der Waals surface area contributed by atoms with E-state index in [2.05, 4.69) is 0 Å². The number of carbonyl (C=O) groups excluding carboxylic acids is 4. The molecule has 4 rings (SSSR count). The molecule has 3 fully saturated rings. The van der Waals surface area contributed by atoms with E-state index < -0.39 is 23.1 Å². The zero-order valence-corrected chi connectivity index (χ0v) is 16.9. The summed E-state index contributed by atoms with van der Waals surface area (Å²) < 4.78 is 0. The Labute approximate surface area is 165 Å². The third-order valence-electron chi connectivity index (χ3n) is 6.81. The van der Waals surface area contributed by atoms with E-state index in [0.29, 0.717) is 37.4 Å². The number of ketones is 1. The van der Waals surface area contributed by atoms with Crippen molar-refractivity contribution in [3.05, 3.63) is 11.9 Å². The Kier molecular flexibility index (Phi) is 4.59. The summed E-state index contributed by atoms with van der Waals surface area (Å²) in [5.41, 5.74) is -0.0443. The van der Waals surface area contributed by atoms with Gasteiger partial charge < -0.3 is 14.7 Å². The molecule has 1 saturated carbocycles. The SMILES string of the molecule is CCC(C)(C)C(=O)C(=O)N1C2CCCC1C1=CN(CC3CC3)C(=O)CN1C2=O. The first-order valence-corrected chi connectivity index (χ1v) is 10.4. The molecular weight excluding hydrogens is 358 g/mol. The molecule has 0 radical (unpaired) electrons. The number of fused-ring (bicyclic) bond motifs is 4. The lowest BCUT2D eigenvalue weighted by atomic mass is 9.82. The number of hydrogen-bond acceptors (Lipinski definition) is 4. The highest BCUT2D eigenvalue weighted by atomic mass is 16.2. The molecule has 0 aromatic rings. The van der Waals surface area contributed by atoms with Crippen molar-refractivity contribution in [2.24, 2.45) is 11.3 Å². The second-order valence-electron chi connectivity index (χ2n) is 9.21. The third kappa shape index (κ3) is 3.05. The van der Waals surface area contributed by atoms with Gasteiger partial charge in [0.25, 0.3) is 5.91 Å². The standard InChI is InChI=1S/C21H29N3O4/c1-4-21(2,3)18(26)20(28)24-14-6-5-7-15(24)19(27)23-12-17(25)22(11-16(14)23)10-13-8-9-13/h11,13-15H,4-10,12H2,1-3H3. The molecule has 4 aliphatic rings. The fourth-order valence-electron chi connectivity index (χ4n) is 4.39. The molecule has 1 aliphatic carbocycles. The van der Waals surface area contributed by atoms with E-state index in [0.717, 1.165) is 19.3 Å². The van der Waals surface area contributed by atoms with Gasteiger partial charge in [-0.2, -0.15) is 0 Å². The number of nitrogens with zero attached hydrogens (tertiary/aromatic N) is 3. The maximum atomic E-state index is 13.2. The Balaban J connectivity index is 1.68. The average molecular weight is 387 g/mol. The van der Waals surface area contributed by atoms with Gasteiger partial charge in [-0.05, 0) is 44.4 Å². The van der Waals surface area contributed by atoms with Crippen LogP contribution < -0.4 is 0 Å². The molecule has 152 valence electrons. The lowest BCUT2D eigenvalue weighted by molar-refractivity contribution is -0.163. The molecule has 2 bridgehead atoms. The van der Waals surface area contributed by atoms with Gasteiger partial charge in [-0.15, -0.1) is 0 Å². The first kappa shape index (κ1) is 19.2. The second-order valence-corrected chi connectivity index (χ2v) is 9.21. The lowest BCUT2D eigenvalue weighted by Gasteiger charge is -2.52. The van der Waals surface area contributed by atoms with Gasteiger partial charge in [0.05, 0.1) is 11.7 Å². The molecule has 0 spiro atoms. The van der Waals surface area contributed by atoms with E-state index in [1.807, 2.05) is 6.92 Å². The molecule has 0 aromatic heterocycles. The summed E-state index contributed by atoms with van der Waals surface area (Å²) in [6, 6.07) is -0.946. The van der Waals surface area contributed by atoms with E-state index >= 15 is 0 Å². The van der Waals surface area contributed by atoms with Crippen LogP contribution in [0.1, 0.15) is 59.3 Å². The third-order valence-corrected chi connectivity index (χ3v) is 6.81. The Hall–Kier alpha value is -2.18. The molecule has 2 saturated heterocycles. The molecule has 7 heteroatoms. The molecular formula is C21H29N3O4. The number of carbonyl (C=O) groups is 4. The van der Waals surface area contributed by atoms with Crippen molar-refractivity contribution in [2.75, 3.05) is 13.1 Å². The van der Waals surface area contributed by atoms with Gasteiger partial charge in [-0.25, -0.2) is 0 Å². The smallest absolute Gasteiger partial charge is 0.291 e. The minimum Gasteiger partial charge on any atom is -0.315 e. The van der Waals surface area contributed by atoms with Crippen LogP contribution in [0.2, 0.25) is 0 Å². The van der Waals surface area contributed by atoms with Gasteiger partial charge in [-0.1, -0.05) is 20.8 Å². The van der Waals surface area contributed by atoms with Crippen LogP contribution in [0.15, 0.2) is 11.9 Å². The minimum atomic E-state index is -0.750. The van der Waals surface area contributed by atoms with Crippen molar-refractivity contribution in [1.29, 1.82) is 0 Å². The van der Waals surface area contributed by atoms with Crippen molar-refractivity contribution in [3.63, 3.8) is 0 Å². The first-order chi connectivity index (χ1) is 13.2. The van der Waals surface area contributed by atoms with Gasteiger partial charge in [0.1, 0.15) is 12.6 Å². The Bertz CT molecular complexity index is 768. The van der Waals surface area contributed by atoms with Crippen LogP contribution in [0.3, 0.4) is 0 Å². The van der Waals surface area contributed by atoms with Gasteiger partial charge >= 0.3 is 0 Å². The fourth-order valence-corrected chi connectivity index (χ4v) is 4.39. The van der Waals surface area contributed by atoms with E-state index in [9.17, 15) is 19.2 Å². The number of Topliss-reactive ketones (excluding diaryl/α,β-unsaturated/α-hetero) is 1. The highest BCUT2D eigenvalue weighted by Gasteiger charge is 2.52. The number of amides is 3. The van der Waals surface area contributed by atoms with E-state index in [-0.39, 0.29) is 24.4 Å². The van der Waals surface area contributed by atoms with Crippen molar-refractivity contribution in [3.8, 4) is 0 Å². The Morgan fingerprint density at radius 2 is 1.79 bits per heavy atom. The molecule has 0 N–H and O–H groups in total. The molecule has 2 atom stereocenters. The Morgan fingerprint density at radius 3 is 2.43 bits per heavy atom. The quantitative estimate of drug-likeness (QED) is 0.673. The average Bonchev–Trinajstić information content (AvgIpc) is 3.50. The van der Waals surface area contributed by atoms with Crippen LogP contribution in [0.5, 0.6) is 0 Å². The van der Waals surface area contributed by atoms with Crippen LogP contribution in [0.4, 0.5) is 0 Å². The largest absolute Gasteiger partial charge is 0.315 e.